The molecule has 0 bridgehead atoms. The predicted molar refractivity (Wildman–Crippen MR) is 71.9 cm³/mol. The van der Waals surface area contributed by atoms with Crippen molar-refractivity contribution < 1.29 is 5.11 Å². The number of nitrogen functional groups attached to an aromatic ring is 1. The molecular formula is C14H13N3O. The first kappa shape index (κ1) is 10.7. The Hall–Kier alpha value is -2.49. The van der Waals surface area contributed by atoms with E-state index in [4.69, 9.17) is 5.73 Å². The molecule has 90 valence electrons. The Labute approximate surface area is 104 Å². The maximum absolute atomic E-state index is 9.85. The SMILES string of the molecule is Cc1nn(-c2cccc3c(O)cccc23)cc1N. The Morgan fingerprint density at radius 3 is 2.56 bits per heavy atom. The summed E-state index contributed by atoms with van der Waals surface area (Å²) in [7, 11) is 0. The second kappa shape index (κ2) is 3.77. The second-order valence-electron chi connectivity index (χ2n) is 4.26. The van der Waals surface area contributed by atoms with Gasteiger partial charge < -0.3 is 10.8 Å². The van der Waals surface area contributed by atoms with E-state index >= 15 is 0 Å². The molecule has 1 heterocycles. The third-order valence-corrected chi connectivity index (χ3v) is 3.06. The summed E-state index contributed by atoms with van der Waals surface area (Å²) in [5.74, 6) is 0.270. The van der Waals surface area contributed by atoms with Crippen LogP contribution in [0.15, 0.2) is 42.6 Å². The van der Waals surface area contributed by atoms with Crippen LogP contribution in [-0.2, 0) is 0 Å². The van der Waals surface area contributed by atoms with Crippen LogP contribution < -0.4 is 5.73 Å². The highest BCUT2D eigenvalue weighted by molar-refractivity contribution is 5.94. The van der Waals surface area contributed by atoms with Crippen molar-refractivity contribution in [2.24, 2.45) is 0 Å². The molecule has 2 aromatic carbocycles. The summed E-state index contributed by atoms with van der Waals surface area (Å²) >= 11 is 0. The molecule has 0 aliphatic carbocycles. The van der Waals surface area contributed by atoms with E-state index in [1.165, 1.54) is 0 Å². The average Bonchev–Trinajstić information content (AvgIpc) is 2.69. The standard InChI is InChI=1S/C14H13N3O/c1-9-12(15)8-17(16-9)13-6-2-5-11-10(13)4-3-7-14(11)18/h2-8,18H,15H2,1H3. The van der Waals surface area contributed by atoms with Gasteiger partial charge in [0.05, 0.1) is 23.3 Å². The summed E-state index contributed by atoms with van der Waals surface area (Å²) in [5, 5.41) is 16.0. The molecule has 3 rings (SSSR count). The Morgan fingerprint density at radius 1 is 1.11 bits per heavy atom. The summed E-state index contributed by atoms with van der Waals surface area (Å²) in [5.41, 5.74) is 8.18. The molecule has 0 aliphatic rings. The number of phenols is 1. The molecule has 0 atom stereocenters. The zero-order chi connectivity index (χ0) is 12.7. The number of aryl methyl sites for hydroxylation is 1. The zero-order valence-electron chi connectivity index (χ0n) is 9.96. The topological polar surface area (TPSA) is 64.1 Å². The third kappa shape index (κ3) is 1.50. The Kier molecular flexibility index (Phi) is 2.23. The van der Waals surface area contributed by atoms with Crippen molar-refractivity contribution in [3.63, 3.8) is 0 Å². The highest BCUT2D eigenvalue weighted by atomic mass is 16.3. The van der Waals surface area contributed by atoms with E-state index in [-0.39, 0.29) is 5.75 Å². The lowest BCUT2D eigenvalue weighted by molar-refractivity contribution is 0.481. The molecule has 4 nitrogen and oxygen atoms in total. The first-order valence-corrected chi connectivity index (χ1v) is 5.69. The number of aromatic nitrogens is 2. The maximum Gasteiger partial charge on any atom is 0.123 e. The largest absolute Gasteiger partial charge is 0.507 e. The molecule has 0 saturated carbocycles. The van der Waals surface area contributed by atoms with Gasteiger partial charge in [-0.2, -0.15) is 5.10 Å². The monoisotopic (exact) mass is 239 g/mol. The minimum absolute atomic E-state index is 0.270. The summed E-state index contributed by atoms with van der Waals surface area (Å²) in [6, 6.07) is 11.2. The molecule has 0 spiro atoms. The quantitative estimate of drug-likeness (QED) is 0.686. The smallest absolute Gasteiger partial charge is 0.123 e. The first-order chi connectivity index (χ1) is 8.66. The Morgan fingerprint density at radius 2 is 1.83 bits per heavy atom. The summed E-state index contributed by atoms with van der Waals surface area (Å²) < 4.78 is 1.74. The van der Waals surface area contributed by atoms with Gasteiger partial charge in [-0.25, -0.2) is 4.68 Å². The van der Waals surface area contributed by atoms with E-state index in [1.807, 2.05) is 37.3 Å². The number of benzene rings is 2. The molecule has 0 saturated heterocycles. The third-order valence-electron chi connectivity index (χ3n) is 3.06. The first-order valence-electron chi connectivity index (χ1n) is 5.69. The molecule has 0 aliphatic heterocycles. The molecule has 1 aromatic heterocycles. The van der Waals surface area contributed by atoms with Crippen LogP contribution in [0.25, 0.3) is 16.5 Å². The van der Waals surface area contributed by atoms with Crippen molar-refractivity contribution in [1.82, 2.24) is 9.78 Å². The van der Waals surface area contributed by atoms with Crippen LogP contribution in [0, 0.1) is 6.92 Å². The van der Waals surface area contributed by atoms with Gasteiger partial charge in [0.25, 0.3) is 0 Å². The van der Waals surface area contributed by atoms with Crippen molar-refractivity contribution in [2.45, 2.75) is 6.92 Å². The van der Waals surface area contributed by atoms with Gasteiger partial charge in [0.15, 0.2) is 0 Å². The number of hydrogen-bond donors (Lipinski definition) is 2. The molecule has 4 heteroatoms. The molecule has 3 N–H and O–H groups in total. The van der Waals surface area contributed by atoms with Gasteiger partial charge in [-0.1, -0.05) is 24.3 Å². The number of rotatable bonds is 1. The van der Waals surface area contributed by atoms with Crippen LogP contribution >= 0.6 is 0 Å². The lowest BCUT2D eigenvalue weighted by Gasteiger charge is -2.07. The normalized spacial score (nSPS) is 10.9. The van der Waals surface area contributed by atoms with Crippen molar-refractivity contribution >= 4 is 16.5 Å². The highest BCUT2D eigenvalue weighted by Gasteiger charge is 2.08. The Bertz CT molecular complexity index is 711. The minimum Gasteiger partial charge on any atom is -0.507 e. The van der Waals surface area contributed by atoms with Gasteiger partial charge >= 0.3 is 0 Å². The van der Waals surface area contributed by atoms with Gasteiger partial charge in [0.2, 0.25) is 0 Å². The van der Waals surface area contributed by atoms with Gasteiger partial charge in [0.1, 0.15) is 5.75 Å². The molecule has 0 unspecified atom stereocenters. The fraction of sp³-hybridized carbons (Fsp3) is 0.0714. The zero-order valence-corrected chi connectivity index (χ0v) is 9.96. The maximum atomic E-state index is 9.85. The van der Waals surface area contributed by atoms with Crippen LogP contribution in [0.3, 0.4) is 0 Å². The fourth-order valence-corrected chi connectivity index (χ4v) is 2.07. The fourth-order valence-electron chi connectivity index (χ4n) is 2.07. The summed E-state index contributed by atoms with van der Waals surface area (Å²) in [6.07, 6.45) is 1.79. The Balaban J connectivity index is 2.32. The van der Waals surface area contributed by atoms with E-state index in [2.05, 4.69) is 5.10 Å². The number of hydrogen-bond acceptors (Lipinski definition) is 3. The van der Waals surface area contributed by atoms with E-state index in [0.717, 1.165) is 22.2 Å². The second-order valence-corrected chi connectivity index (χ2v) is 4.26. The molecule has 0 fully saturated rings. The lowest BCUT2D eigenvalue weighted by Crippen LogP contribution is -1.96. The van der Waals surface area contributed by atoms with Crippen LogP contribution in [0.2, 0.25) is 0 Å². The number of anilines is 1. The molecular weight excluding hydrogens is 226 g/mol. The van der Waals surface area contributed by atoms with Crippen molar-refractivity contribution in [3.8, 4) is 11.4 Å². The average molecular weight is 239 g/mol. The van der Waals surface area contributed by atoms with Crippen LogP contribution in [0.5, 0.6) is 5.75 Å². The summed E-state index contributed by atoms with van der Waals surface area (Å²) in [4.78, 5) is 0. The van der Waals surface area contributed by atoms with Gasteiger partial charge in [0, 0.05) is 10.8 Å². The van der Waals surface area contributed by atoms with E-state index < -0.39 is 0 Å². The summed E-state index contributed by atoms with van der Waals surface area (Å²) in [6.45, 7) is 1.87. The number of nitrogens with zero attached hydrogens (tertiary/aromatic N) is 2. The van der Waals surface area contributed by atoms with Gasteiger partial charge in [-0.15, -0.1) is 0 Å². The lowest BCUT2D eigenvalue weighted by atomic mass is 10.1. The van der Waals surface area contributed by atoms with Crippen molar-refractivity contribution in [1.29, 1.82) is 0 Å². The predicted octanol–water partition coefficient (Wildman–Crippen LogP) is 2.62. The van der Waals surface area contributed by atoms with Crippen LogP contribution in [-0.4, -0.2) is 14.9 Å². The van der Waals surface area contributed by atoms with Gasteiger partial charge in [-0.3, -0.25) is 0 Å². The van der Waals surface area contributed by atoms with E-state index in [1.54, 1.807) is 16.9 Å². The molecule has 3 aromatic rings. The van der Waals surface area contributed by atoms with E-state index in [0.29, 0.717) is 5.69 Å². The van der Waals surface area contributed by atoms with Crippen molar-refractivity contribution in [3.05, 3.63) is 48.3 Å². The number of aromatic hydroxyl groups is 1. The molecule has 0 radical (unpaired) electrons. The number of fused-ring (bicyclic) bond motifs is 1. The minimum atomic E-state index is 0.270. The van der Waals surface area contributed by atoms with Crippen LogP contribution in [0.4, 0.5) is 5.69 Å². The van der Waals surface area contributed by atoms with Gasteiger partial charge in [-0.05, 0) is 19.1 Å². The van der Waals surface area contributed by atoms with Crippen molar-refractivity contribution in [2.75, 3.05) is 5.73 Å². The van der Waals surface area contributed by atoms with E-state index in [9.17, 15) is 5.11 Å². The molecule has 0 amide bonds. The number of phenolic OH excluding ortho intramolecular Hbond substituents is 1. The van der Waals surface area contributed by atoms with Crippen LogP contribution in [0.1, 0.15) is 5.69 Å². The molecule has 18 heavy (non-hydrogen) atoms. The highest BCUT2D eigenvalue weighted by Crippen LogP contribution is 2.29. The number of nitrogens with two attached hydrogens (primary N) is 1.